The number of nitrogens with zero attached hydrogens (tertiary/aromatic N) is 4. The summed E-state index contributed by atoms with van der Waals surface area (Å²) in [6.07, 6.45) is 4.87. The number of pyridine rings is 1. The predicted molar refractivity (Wildman–Crippen MR) is 129 cm³/mol. The monoisotopic (exact) mass is 425 g/mol. The van der Waals surface area contributed by atoms with Gasteiger partial charge in [0.1, 0.15) is 11.9 Å². The van der Waals surface area contributed by atoms with Crippen LogP contribution in [0.3, 0.4) is 0 Å². The van der Waals surface area contributed by atoms with Crippen LogP contribution in [0.5, 0.6) is 0 Å². The molecule has 0 saturated carbocycles. The number of nitrogens with one attached hydrogen (secondary N) is 1. The standard InChI is InChI=1S/C27H31N5/c1-18-4-6-24-20(3)25(8-7-23(18)24)26-17-31(11-10-29-26)15-22-12-19(2)32(16-22)27-9-5-21(13-28)14-30-27/h5,7-9,14,22,26,29H,1-2,4,6,10-12,15-17H2,3H3/t22?,26-/m0/s1. The molecule has 3 aliphatic rings. The number of aromatic nitrogens is 1. The molecule has 1 N–H and O–H groups in total. The number of allylic oxidation sites excluding steroid dienone is 2. The van der Waals surface area contributed by atoms with E-state index in [1.165, 1.54) is 27.8 Å². The average Bonchev–Trinajstić information content (AvgIpc) is 3.37. The number of benzene rings is 1. The summed E-state index contributed by atoms with van der Waals surface area (Å²) >= 11 is 0. The highest BCUT2D eigenvalue weighted by molar-refractivity contribution is 5.72. The third kappa shape index (κ3) is 3.85. The van der Waals surface area contributed by atoms with Crippen LogP contribution in [0.1, 0.15) is 46.7 Å². The van der Waals surface area contributed by atoms with Gasteiger partial charge in [0.2, 0.25) is 0 Å². The van der Waals surface area contributed by atoms with Gasteiger partial charge < -0.3 is 10.2 Å². The van der Waals surface area contributed by atoms with Crippen molar-refractivity contribution in [2.45, 2.75) is 32.2 Å². The molecule has 0 bridgehead atoms. The van der Waals surface area contributed by atoms with Gasteiger partial charge in [0.15, 0.2) is 0 Å². The molecule has 5 nitrogen and oxygen atoms in total. The van der Waals surface area contributed by atoms with Gasteiger partial charge in [0, 0.05) is 50.7 Å². The Balaban J connectivity index is 1.25. The summed E-state index contributed by atoms with van der Waals surface area (Å²) in [7, 11) is 0. The number of piperazine rings is 1. The van der Waals surface area contributed by atoms with Crippen molar-refractivity contribution < 1.29 is 0 Å². The second kappa shape index (κ2) is 8.54. The highest BCUT2D eigenvalue weighted by atomic mass is 15.2. The first-order valence-corrected chi connectivity index (χ1v) is 11.6. The summed E-state index contributed by atoms with van der Waals surface area (Å²) in [6.45, 7) is 16.0. The molecule has 1 unspecified atom stereocenters. The molecule has 2 fully saturated rings. The first-order chi connectivity index (χ1) is 15.5. The van der Waals surface area contributed by atoms with E-state index in [0.29, 0.717) is 17.5 Å². The van der Waals surface area contributed by atoms with E-state index in [-0.39, 0.29) is 0 Å². The topological polar surface area (TPSA) is 55.2 Å². The quantitative estimate of drug-likeness (QED) is 0.795. The van der Waals surface area contributed by atoms with Crippen molar-refractivity contribution in [1.29, 1.82) is 5.26 Å². The Morgan fingerprint density at radius 3 is 2.84 bits per heavy atom. The van der Waals surface area contributed by atoms with Crippen LogP contribution in [0, 0.1) is 24.2 Å². The summed E-state index contributed by atoms with van der Waals surface area (Å²) < 4.78 is 0. The number of anilines is 1. The van der Waals surface area contributed by atoms with Crippen molar-refractivity contribution in [3.05, 3.63) is 77.1 Å². The Kier molecular flexibility index (Phi) is 5.58. The van der Waals surface area contributed by atoms with Gasteiger partial charge in [-0.25, -0.2) is 4.98 Å². The van der Waals surface area contributed by atoms with Gasteiger partial charge in [0.05, 0.1) is 5.56 Å². The Labute approximate surface area is 191 Å². The lowest BCUT2D eigenvalue weighted by molar-refractivity contribution is 0.178. The molecule has 0 spiro atoms. The highest BCUT2D eigenvalue weighted by Gasteiger charge is 2.31. The minimum atomic E-state index is 0.379. The molecule has 5 heteroatoms. The molecule has 0 amide bonds. The van der Waals surface area contributed by atoms with Gasteiger partial charge in [-0.2, -0.15) is 5.26 Å². The maximum atomic E-state index is 9.01. The summed E-state index contributed by atoms with van der Waals surface area (Å²) in [6, 6.07) is 10.9. The van der Waals surface area contributed by atoms with Crippen LogP contribution in [-0.4, -0.2) is 42.6 Å². The number of rotatable bonds is 4. The second-order valence-corrected chi connectivity index (χ2v) is 9.44. The molecule has 3 heterocycles. The molecule has 2 aliphatic heterocycles. The molecule has 5 rings (SSSR count). The van der Waals surface area contributed by atoms with Crippen LogP contribution in [0.2, 0.25) is 0 Å². The molecule has 2 atom stereocenters. The highest BCUT2D eigenvalue weighted by Crippen LogP contribution is 2.36. The molecular formula is C27H31N5. The van der Waals surface area contributed by atoms with Crippen molar-refractivity contribution in [2.75, 3.05) is 37.6 Å². The van der Waals surface area contributed by atoms with Crippen molar-refractivity contribution in [1.82, 2.24) is 15.2 Å². The average molecular weight is 426 g/mol. The summed E-state index contributed by atoms with van der Waals surface area (Å²) in [5, 5.41) is 12.8. The van der Waals surface area contributed by atoms with Crippen LogP contribution in [0.15, 0.2) is 49.3 Å². The predicted octanol–water partition coefficient (Wildman–Crippen LogP) is 4.21. The Morgan fingerprint density at radius 2 is 2.06 bits per heavy atom. The molecule has 1 aromatic heterocycles. The minimum Gasteiger partial charge on any atom is -0.330 e. The fourth-order valence-electron chi connectivity index (χ4n) is 5.65. The maximum Gasteiger partial charge on any atom is 0.132 e. The molecule has 1 aliphatic carbocycles. The zero-order chi connectivity index (χ0) is 22.2. The number of fused-ring (bicyclic) bond motifs is 1. The van der Waals surface area contributed by atoms with E-state index in [1.54, 1.807) is 6.20 Å². The van der Waals surface area contributed by atoms with Gasteiger partial charge in [-0.05, 0) is 72.1 Å². The minimum absolute atomic E-state index is 0.379. The smallest absolute Gasteiger partial charge is 0.132 e. The molecular weight excluding hydrogens is 394 g/mol. The summed E-state index contributed by atoms with van der Waals surface area (Å²) in [5.74, 6) is 1.44. The van der Waals surface area contributed by atoms with Crippen LogP contribution in [0.4, 0.5) is 5.82 Å². The van der Waals surface area contributed by atoms with Gasteiger partial charge in [-0.1, -0.05) is 25.3 Å². The zero-order valence-corrected chi connectivity index (χ0v) is 18.9. The lowest BCUT2D eigenvalue weighted by Crippen LogP contribution is -2.47. The second-order valence-electron chi connectivity index (χ2n) is 9.44. The summed E-state index contributed by atoms with van der Waals surface area (Å²) in [4.78, 5) is 9.29. The molecule has 32 heavy (non-hydrogen) atoms. The molecule has 2 aromatic rings. The Hall–Kier alpha value is -2.94. The van der Waals surface area contributed by atoms with E-state index in [0.717, 1.165) is 63.5 Å². The van der Waals surface area contributed by atoms with Crippen LogP contribution in [0.25, 0.3) is 5.57 Å². The number of nitriles is 1. The third-order valence-electron chi connectivity index (χ3n) is 7.35. The third-order valence-corrected chi connectivity index (χ3v) is 7.35. The van der Waals surface area contributed by atoms with Gasteiger partial charge in [-0.15, -0.1) is 0 Å². The van der Waals surface area contributed by atoms with Gasteiger partial charge >= 0.3 is 0 Å². The van der Waals surface area contributed by atoms with Crippen LogP contribution >= 0.6 is 0 Å². The largest absolute Gasteiger partial charge is 0.330 e. The van der Waals surface area contributed by atoms with E-state index in [4.69, 9.17) is 5.26 Å². The van der Waals surface area contributed by atoms with E-state index >= 15 is 0 Å². The Morgan fingerprint density at radius 1 is 1.19 bits per heavy atom. The van der Waals surface area contributed by atoms with Gasteiger partial charge in [-0.3, -0.25) is 4.90 Å². The van der Waals surface area contributed by atoms with Crippen LogP contribution < -0.4 is 10.2 Å². The molecule has 164 valence electrons. The lowest BCUT2D eigenvalue weighted by atomic mass is 9.92. The number of hydrogen-bond donors (Lipinski definition) is 1. The SMILES string of the molecule is C=C1CCc2c1ccc([C@@H]1CN(CC3CC(=C)N(c4ccc(C#N)cn4)C3)CCN1)c2C. The van der Waals surface area contributed by atoms with E-state index in [9.17, 15) is 0 Å². The molecule has 0 radical (unpaired) electrons. The van der Waals surface area contributed by atoms with E-state index in [1.807, 2.05) is 12.1 Å². The number of hydrogen-bond acceptors (Lipinski definition) is 5. The fraction of sp³-hybridized carbons (Fsp3) is 0.407. The van der Waals surface area contributed by atoms with E-state index < -0.39 is 0 Å². The normalized spacial score (nSPS) is 23.4. The van der Waals surface area contributed by atoms with Crippen molar-refractivity contribution in [3.63, 3.8) is 0 Å². The van der Waals surface area contributed by atoms with Crippen LogP contribution in [-0.2, 0) is 6.42 Å². The lowest BCUT2D eigenvalue weighted by Gasteiger charge is -2.36. The first kappa shape index (κ1) is 20.9. The van der Waals surface area contributed by atoms with E-state index in [2.05, 4.69) is 58.4 Å². The summed E-state index contributed by atoms with van der Waals surface area (Å²) in [5.41, 5.74) is 8.77. The fourth-order valence-corrected chi connectivity index (χ4v) is 5.65. The maximum absolute atomic E-state index is 9.01. The zero-order valence-electron chi connectivity index (χ0n) is 18.9. The molecule has 2 saturated heterocycles. The van der Waals surface area contributed by atoms with Gasteiger partial charge in [0.25, 0.3) is 0 Å². The van der Waals surface area contributed by atoms with Crippen molar-refractivity contribution in [2.24, 2.45) is 5.92 Å². The first-order valence-electron chi connectivity index (χ1n) is 11.6. The molecule has 1 aromatic carbocycles. The Bertz CT molecular complexity index is 1090. The van der Waals surface area contributed by atoms with Crippen molar-refractivity contribution in [3.8, 4) is 6.07 Å². The van der Waals surface area contributed by atoms with Crippen molar-refractivity contribution >= 4 is 11.4 Å².